The van der Waals surface area contributed by atoms with Gasteiger partial charge in [0, 0.05) is 22.9 Å². The molecule has 2 rings (SSSR count). The zero-order valence-corrected chi connectivity index (χ0v) is 9.68. The molecular formula is C13H11FN2O2. The number of aromatic nitrogens is 1. The summed E-state index contributed by atoms with van der Waals surface area (Å²) in [5.41, 5.74) is 7.00. The van der Waals surface area contributed by atoms with Crippen molar-refractivity contribution in [3.05, 3.63) is 47.9 Å². The van der Waals surface area contributed by atoms with Crippen molar-refractivity contribution in [2.24, 2.45) is 5.73 Å². The topological polar surface area (TPSA) is 69.1 Å². The highest BCUT2D eigenvalue weighted by atomic mass is 19.1. The van der Waals surface area contributed by atoms with Crippen LogP contribution in [-0.2, 0) is 4.79 Å². The third kappa shape index (κ3) is 2.63. The zero-order valence-electron chi connectivity index (χ0n) is 9.68. The Kier molecular flexibility index (Phi) is 3.23. The first-order valence-corrected chi connectivity index (χ1v) is 5.25. The van der Waals surface area contributed by atoms with Gasteiger partial charge in [-0.3, -0.25) is 4.79 Å². The second-order valence-corrected chi connectivity index (χ2v) is 3.80. The molecule has 0 aliphatic heterocycles. The van der Waals surface area contributed by atoms with Gasteiger partial charge in [-0.05, 0) is 31.2 Å². The lowest BCUT2D eigenvalue weighted by atomic mass is 10.1. The molecule has 0 aliphatic rings. The summed E-state index contributed by atoms with van der Waals surface area (Å²) in [6, 6.07) is 4.59. The van der Waals surface area contributed by atoms with E-state index in [1.165, 1.54) is 18.5 Å². The number of primary amides is 1. The van der Waals surface area contributed by atoms with Gasteiger partial charge < -0.3 is 10.2 Å². The summed E-state index contributed by atoms with van der Waals surface area (Å²) >= 11 is 0. The first-order chi connectivity index (χ1) is 8.56. The monoisotopic (exact) mass is 246 g/mol. The number of rotatable bonds is 3. The number of pyridine rings is 1. The molecule has 0 saturated heterocycles. The van der Waals surface area contributed by atoms with Crippen LogP contribution in [-0.4, -0.2) is 10.9 Å². The van der Waals surface area contributed by atoms with Crippen molar-refractivity contribution in [1.82, 2.24) is 4.98 Å². The molecule has 2 heterocycles. The number of nitrogens with zero attached hydrogens (tertiary/aromatic N) is 1. The summed E-state index contributed by atoms with van der Waals surface area (Å²) in [4.78, 5) is 14.4. The average Bonchev–Trinajstić information content (AvgIpc) is 2.78. The van der Waals surface area contributed by atoms with Crippen LogP contribution in [0, 0.1) is 5.95 Å². The molecule has 5 heteroatoms. The van der Waals surface area contributed by atoms with E-state index in [1.54, 1.807) is 25.1 Å². The molecule has 1 amide bonds. The molecule has 0 bridgehead atoms. The molecule has 2 N–H and O–H groups in total. The number of halogens is 1. The minimum atomic E-state index is -0.535. The standard InChI is InChI=1S/C13H11FN2O2/c1-8(13(15)17)4-11-5-10(7-18-11)9-2-3-12(14)16-6-9/h2-7H,1H3,(H2,15,17)/b8-4+. The maximum atomic E-state index is 12.7. The summed E-state index contributed by atoms with van der Waals surface area (Å²) in [5.74, 6) is -0.533. The lowest BCUT2D eigenvalue weighted by molar-refractivity contribution is -0.114. The smallest absolute Gasteiger partial charge is 0.244 e. The fourth-order valence-electron chi connectivity index (χ4n) is 1.41. The summed E-state index contributed by atoms with van der Waals surface area (Å²) in [5, 5.41) is 0. The second-order valence-electron chi connectivity index (χ2n) is 3.80. The van der Waals surface area contributed by atoms with Crippen molar-refractivity contribution in [2.45, 2.75) is 6.92 Å². The largest absolute Gasteiger partial charge is 0.464 e. The van der Waals surface area contributed by atoms with E-state index in [0.717, 1.165) is 11.1 Å². The van der Waals surface area contributed by atoms with E-state index in [2.05, 4.69) is 4.98 Å². The van der Waals surface area contributed by atoms with Crippen LogP contribution in [0.15, 0.2) is 40.6 Å². The molecule has 18 heavy (non-hydrogen) atoms. The third-order valence-corrected chi connectivity index (χ3v) is 2.43. The fraction of sp³-hybridized carbons (Fsp3) is 0.0769. The Balaban J connectivity index is 2.28. The van der Waals surface area contributed by atoms with Gasteiger partial charge in [-0.2, -0.15) is 4.39 Å². The molecule has 4 nitrogen and oxygen atoms in total. The molecule has 2 aromatic heterocycles. The molecular weight excluding hydrogens is 235 g/mol. The molecule has 0 spiro atoms. The zero-order chi connectivity index (χ0) is 13.1. The van der Waals surface area contributed by atoms with Gasteiger partial charge in [0.1, 0.15) is 5.76 Å². The van der Waals surface area contributed by atoms with E-state index in [4.69, 9.17) is 10.2 Å². The molecule has 0 aliphatic carbocycles. The number of amides is 1. The minimum absolute atomic E-state index is 0.396. The predicted octanol–water partition coefficient (Wildman–Crippen LogP) is 2.37. The molecule has 0 fully saturated rings. The first kappa shape index (κ1) is 12.0. The van der Waals surface area contributed by atoms with Gasteiger partial charge >= 0.3 is 0 Å². The summed E-state index contributed by atoms with van der Waals surface area (Å²) in [6.07, 6.45) is 4.46. The van der Waals surface area contributed by atoms with E-state index in [9.17, 15) is 9.18 Å². The highest BCUT2D eigenvalue weighted by Crippen LogP contribution is 2.22. The maximum absolute atomic E-state index is 12.7. The van der Waals surface area contributed by atoms with Crippen LogP contribution in [0.1, 0.15) is 12.7 Å². The average molecular weight is 246 g/mol. The van der Waals surface area contributed by atoms with Gasteiger partial charge in [-0.15, -0.1) is 0 Å². The summed E-state index contributed by atoms with van der Waals surface area (Å²) in [7, 11) is 0. The van der Waals surface area contributed by atoms with Crippen molar-refractivity contribution in [3.63, 3.8) is 0 Å². The Bertz CT molecular complexity index is 600. The van der Waals surface area contributed by atoms with Crippen molar-refractivity contribution >= 4 is 12.0 Å². The van der Waals surface area contributed by atoms with E-state index in [-0.39, 0.29) is 0 Å². The minimum Gasteiger partial charge on any atom is -0.464 e. The van der Waals surface area contributed by atoms with E-state index >= 15 is 0 Å². The van der Waals surface area contributed by atoms with E-state index in [0.29, 0.717) is 11.3 Å². The SMILES string of the molecule is C/C(=C\c1cc(-c2ccc(F)nc2)co1)C(N)=O. The Morgan fingerprint density at radius 2 is 2.22 bits per heavy atom. The molecule has 92 valence electrons. The van der Waals surface area contributed by atoms with Crippen LogP contribution < -0.4 is 5.73 Å². The number of furan rings is 1. The van der Waals surface area contributed by atoms with Crippen molar-refractivity contribution in [2.75, 3.05) is 0 Å². The van der Waals surface area contributed by atoms with Gasteiger partial charge in [-0.1, -0.05) is 0 Å². The van der Waals surface area contributed by atoms with Crippen LogP contribution in [0.2, 0.25) is 0 Å². The normalized spacial score (nSPS) is 11.6. The maximum Gasteiger partial charge on any atom is 0.244 e. The Morgan fingerprint density at radius 3 is 2.83 bits per heavy atom. The van der Waals surface area contributed by atoms with Crippen molar-refractivity contribution in [1.29, 1.82) is 0 Å². The predicted molar refractivity (Wildman–Crippen MR) is 64.7 cm³/mol. The van der Waals surface area contributed by atoms with Crippen LogP contribution in [0.3, 0.4) is 0 Å². The Morgan fingerprint density at radius 1 is 1.44 bits per heavy atom. The lowest BCUT2D eigenvalue weighted by Gasteiger charge is -1.94. The number of carbonyl (C=O) groups is 1. The van der Waals surface area contributed by atoms with Crippen LogP contribution in [0.5, 0.6) is 0 Å². The van der Waals surface area contributed by atoms with Crippen molar-refractivity contribution in [3.8, 4) is 11.1 Å². The summed E-state index contributed by atoms with van der Waals surface area (Å²) in [6.45, 7) is 1.60. The van der Waals surface area contributed by atoms with Gasteiger partial charge in [-0.25, -0.2) is 4.98 Å². The first-order valence-electron chi connectivity index (χ1n) is 5.25. The Hall–Kier alpha value is -2.43. The molecule has 0 unspecified atom stereocenters. The van der Waals surface area contributed by atoms with Gasteiger partial charge in [0.25, 0.3) is 0 Å². The van der Waals surface area contributed by atoms with Crippen LogP contribution in [0.25, 0.3) is 17.2 Å². The third-order valence-electron chi connectivity index (χ3n) is 2.43. The highest BCUT2D eigenvalue weighted by molar-refractivity contribution is 5.95. The van der Waals surface area contributed by atoms with Crippen molar-refractivity contribution < 1.29 is 13.6 Å². The molecule has 0 saturated carbocycles. The van der Waals surface area contributed by atoms with Gasteiger partial charge in [0.05, 0.1) is 6.26 Å². The Labute approximate surface area is 103 Å². The van der Waals surface area contributed by atoms with Crippen LogP contribution in [0.4, 0.5) is 4.39 Å². The molecule has 2 aromatic rings. The van der Waals surface area contributed by atoms with Gasteiger partial charge in [0.15, 0.2) is 0 Å². The number of carbonyl (C=O) groups excluding carboxylic acids is 1. The number of hydrogen-bond donors (Lipinski definition) is 1. The molecule has 0 atom stereocenters. The fourth-order valence-corrected chi connectivity index (χ4v) is 1.41. The van der Waals surface area contributed by atoms with Gasteiger partial charge in [0.2, 0.25) is 11.9 Å². The molecule has 0 radical (unpaired) electrons. The highest BCUT2D eigenvalue weighted by Gasteiger charge is 2.05. The second kappa shape index (κ2) is 4.83. The molecule has 0 aromatic carbocycles. The number of hydrogen-bond acceptors (Lipinski definition) is 3. The number of nitrogens with two attached hydrogens (primary N) is 1. The summed E-state index contributed by atoms with van der Waals surface area (Å²) < 4.78 is 17.9. The lowest BCUT2D eigenvalue weighted by Crippen LogP contribution is -2.11. The van der Waals surface area contributed by atoms with Crippen LogP contribution >= 0.6 is 0 Å². The quantitative estimate of drug-likeness (QED) is 0.667. The van der Waals surface area contributed by atoms with E-state index in [1.807, 2.05) is 0 Å². The van der Waals surface area contributed by atoms with E-state index < -0.39 is 11.9 Å².